The first kappa shape index (κ1) is 53.8. The van der Waals surface area contributed by atoms with E-state index in [1.165, 1.54) is 4.90 Å². The van der Waals surface area contributed by atoms with E-state index in [4.69, 9.17) is 48.0 Å². The van der Waals surface area contributed by atoms with Gasteiger partial charge in [0.25, 0.3) is 0 Å². The van der Waals surface area contributed by atoms with Crippen LogP contribution in [0.25, 0.3) is 11.1 Å². The number of ether oxygens (including phenoxy) is 6. The molecule has 13 rings (SSSR count). The topological polar surface area (TPSA) is 179 Å². The molecule has 2 spiro atoms. The average molecular weight is 1060 g/mol. The minimum atomic E-state index is -0.979. The van der Waals surface area contributed by atoms with E-state index in [2.05, 4.69) is 57.3 Å². The van der Waals surface area contributed by atoms with Crippen molar-refractivity contribution in [1.29, 1.82) is 0 Å². The fourth-order valence-corrected chi connectivity index (χ4v) is 15.4. The molecule has 2 aromatic carbocycles. The van der Waals surface area contributed by atoms with Crippen molar-refractivity contribution in [2.45, 2.75) is 186 Å². The Morgan fingerprint density at radius 3 is 1.63 bits per heavy atom. The lowest BCUT2D eigenvalue weighted by atomic mass is 9.57. The first-order valence-corrected chi connectivity index (χ1v) is 28.5. The van der Waals surface area contributed by atoms with Gasteiger partial charge >= 0.3 is 12.1 Å². The molecule has 3 amide bonds. The van der Waals surface area contributed by atoms with Crippen molar-refractivity contribution >= 4 is 23.9 Å². The summed E-state index contributed by atoms with van der Waals surface area (Å²) in [5.74, 6) is -2.30. The zero-order valence-electron chi connectivity index (χ0n) is 46.0. The van der Waals surface area contributed by atoms with Crippen molar-refractivity contribution in [1.82, 2.24) is 15.1 Å². The molecular formula is C59H81N3O14. The zero-order valence-corrected chi connectivity index (χ0v) is 46.0. The highest BCUT2D eigenvalue weighted by atomic mass is 17.3. The molecule has 8 aliphatic heterocycles. The van der Waals surface area contributed by atoms with Crippen LogP contribution in [0.3, 0.4) is 0 Å². The second-order valence-corrected chi connectivity index (χ2v) is 25.3. The van der Waals surface area contributed by atoms with E-state index in [1.54, 1.807) is 25.7 Å². The summed E-state index contributed by atoms with van der Waals surface area (Å²) in [4.78, 5) is 85.2. The smallest absolute Gasteiger partial charge is 0.407 e. The van der Waals surface area contributed by atoms with Gasteiger partial charge in [-0.1, -0.05) is 76.2 Å². The minimum absolute atomic E-state index is 0.000577. The maximum Gasteiger partial charge on any atom is 0.407 e. The van der Waals surface area contributed by atoms with Gasteiger partial charge in [0, 0.05) is 56.8 Å². The third-order valence-electron chi connectivity index (χ3n) is 19.4. The maximum absolute atomic E-state index is 15.0. The van der Waals surface area contributed by atoms with Gasteiger partial charge in [-0.15, -0.1) is 0 Å². The Morgan fingerprint density at radius 2 is 1.12 bits per heavy atom. The van der Waals surface area contributed by atoms with Crippen molar-refractivity contribution in [3.8, 4) is 11.1 Å². The standard InChI is InChI=1S/C59H81N3O14/c1-34-18-20-45-36(3)47(68-52-58(45)43(34)22-24-56(8,71-52)73-75-58)30-49(63)61(27-26-60-54(66)67-33-42-40-16-12-10-14-38(40)39-15-11-13-17-41(39)42)28-29-62(32-51(65)70-55(5,6)7)50(64)31-48-37(4)46-21-19-35(2)44-23-25-57(9)72-53(69-48)59(44,46)76-74-57/h10-17,34-37,42-48,52-53H,18-33H2,1-9H3,(H,60,66)/t34-,35-,36-,37-,43?,44?,45?,46?,47-,48-,52-,53-,56+,57+,58-,59-/m1/s1. The third-order valence-corrected chi connectivity index (χ3v) is 19.4. The van der Waals surface area contributed by atoms with Gasteiger partial charge in [-0.2, -0.15) is 0 Å². The van der Waals surface area contributed by atoms with E-state index in [9.17, 15) is 14.4 Å². The van der Waals surface area contributed by atoms with Crippen LogP contribution in [-0.2, 0) is 62.4 Å². The number of rotatable bonds is 14. The second kappa shape index (κ2) is 20.5. The van der Waals surface area contributed by atoms with Crippen LogP contribution in [-0.4, -0.2) is 126 Å². The second-order valence-electron chi connectivity index (χ2n) is 25.3. The molecule has 8 saturated heterocycles. The van der Waals surface area contributed by atoms with Crippen LogP contribution in [0.4, 0.5) is 4.79 Å². The van der Waals surface area contributed by atoms with E-state index in [-0.39, 0.29) is 105 Å². The van der Waals surface area contributed by atoms with E-state index in [0.717, 1.165) is 60.8 Å². The molecule has 17 heteroatoms. The number of nitrogens with one attached hydrogen (secondary N) is 1. The summed E-state index contributed by atoms with van der Waals surface area (Å²) in [5.41, 5.74) is 2.07. The van der Waals surface area contributed by atoms with Crippen LogP contribution < -0.4 is 5.32 Å². The van der Waals surface area contributed by atoms with Gasteiger partial charge in [0.1, 0.15) is 18.8 Å². The molecule has 2 saturated carbocycles. The van der Waals surface area contributed by atoms with Gasteiger partial charge in [0.05, 0.1) is 25.0 Å². The molecule has 1 N–H and O–H groups in total. The number of esters is 1. The molecule has 76 heavy (non-hydrogen) atoms. The molecule has 11 aliphatic rings. The van der Waals surface area contributed by atoms with E-state index < -0.39 is 65.2 Å². The zero-order chi connectivity index (χ0) is 53.5. The Labute approximate surface area is 447 Å². The molecule has 416 valence electrons. The van der Waals surface area contributed by atoms with Gasteiger partial charge in [-0.25, -0.2) is 24.3 Å². The van der Waals surface area contributed by atoms with Crippen LogP contribution >= 0.6 is 0 Å². The fourth-order valence-electron chi connectivity index (χ4n) is 15.4. The van der Waals surface area contributed by atoms with Crippen LogP contribution in [0, 0.1) is 47.3 Å². The van der Waals surface area contributed by atoms with Crippen LogP contribution in [0.1, 0.15) is 144 Å². The highest BCUT2D eigenvalue weighted by molar-refractivity contribution is 5.83. The van der Waals surface area contributed by atoms with Crippen molar-refractivity contribution < 1.29 is 67.1 Å². The first-order chi connectivity index (χ1) is 36.2. The predicted molar refractivity (Wildman–Crippen MR) is 275 cm³/mol. The first-order valence-electron chi connectivity index (χ1n) is 28.5. The number of fused-ring (bicyclic) bond motifs is 7. The summed E-state index contributed by atoms with van der Waals surface area (Å²) in [6.45, 7) is 17.9. The molecular weight excluding hydrogens is 975 g/mol. The van der Waals surface area contributed by atoms with Gasteiger partial charge < -0.3 is 43.5 Å². The van der Waals surface area contributed by atoms with Gasteiger partial charge in [-0.3, -0.25) is 14.4 Å². The number of benzene rings is 2. The molecule has 10 fully saturated rings. The normalized spacial score (nSPS) is 38.8. The molecule has 8 heterocycles. The van der Waals surface area contributed by atoms with Crippen molar-refractivity contribution in [2.75, 3.05) is 39.3 Å². The molecule has 0 aromatic heterocycles. The Bertz CT molecular complexity index is 2480. The van der Waals surface area contributed by atoms with Crippen LogP contribution in [0.15, 0.2) is 48.5 Å². The largest absolute Gasteiger partial charge is 0.459 e. The van der Waals surface area contributed by atoms with E-state index in [1.807, 2.05) is 38.1 Å². The fraction of sp³-hybridized carbons (Fsp3) is 0.729. The highest BCUT2D eigenvalue weighted by Crippen LogP contribution is 2.62. The number of hydrogen-bond acceptors (Lipinski definition) is 14. The Kier molecular flexibility index (Phi) is 14.5. The summed E-state index contributed by atoms with van der Waals surface area (Å²) in [6.07, 6.45) is 3.70. The SMILES string of the molecule is C[C@@H]1CCC2[C@@H](C)[C@@H](CC(=O)N(CCNC(=O)OCC3c4ccccc4-c4ccccc43)CCN(CC(=O)OC(C)(C)C)C(=O)C[C@H]3O[C@@H]4O[C@]5(C)CCC6[C@H](C)CCC([C@H]3C)[C@]64OO5)O[C@@H]3O[C@]4(C)CCC1[C@@]23OO4. The predicted octanol–water partition coefficient (Wildman–Crippen LogP) is 8.81. The number of nitrogens with zero attached hydrogens (tertiary/aromatic N) is 2. The van der Waals surface area contributed by atoms with Crippen LogP contribution in [0.2, 0.25) is 0 Å². The average Bonchev–Trinajstić information content (AvgIpc) is 3.56. The number of carbonyl (C=O) groups is 4. The molecule has 16 atom stereocenters. The Hall–Kier alpha value is -4.20. The number of carbonyl (C=O) groups excluding carboxylic acids is 4. The lowest BCUT2D eigenvalue weighted by molar-refractivity contribution is -0.571. The number of hydrogen-bond donors (Lipinski definition) is 1. The lowest BCUT2D eigenvalue weighted by Gasteiger charge is -2.60. The van der Waals surface area contributed by atoms with Gasteiger partial charge in [0.2, 0.25) is 23.4 Å². The van der Waals surface area contributed by atoms with E-state index in [0.29, 0.717) is 24.7 Å². The Balaban J connectivity index is 0.814. The van der Waals surface area contributed by atoms with Crippen LogP contribution in [0.5, 0.6) is 0 Å². The highest BCUT2D eigenvalue weighted by Gasteiger charge is 2.71. The number of amides is 3. The van der Waals surface area contributed by atoms with Crippen molar-refractivity contribution in [3.63, 3.8) is 0 Å². The molecule has 3 aliphatic carbocycles. The molecule has 17 nitrogen and oxygen atoms in total. The lowest BCUT2D eigenvalue weighted by Crippen LogP contribution is -2.70. The van der Waals surface area contributed by atoms with E-state index >= 15 is 4.79 Å². The maximum atomic E-state index is 15.0. The quantitative estimate of drug-likeness (QED) is 0.140. The molecule has 4 bridgehead atoms. The molecule has 0 radical (unpaired) electrons. The monoisotopic (exact) mass is 1060 g/mol. The van der Waals surface area contributed by atoms with Gasteiger partial charge in [-0.05, 0) is 131 Å². The Morgan fingerprint density at radius 1 is 0.632 bits per heavy atom. The summed E-state index contributed by atoms with van der Waals surface area (Å²) in [5, 5.41) is 2.90. The van der Waals surface area contributed by atoms with Gasteiger partial charge in [0.15, 0.2) is 23.8 Å². The van der Waals surface area contributed by atoms with Crippen molar-refractivity contribution in [2.24, 2.45) is 47.3 Å². The summed E-state index contributed by atoms with van der Waals surface area (Å²) >= 11 is 0. The third kappa shape index (κ3) is 9.67. The minimum Gasteiger partial charge on any atom is -0.459 e. The molecule has 2 aromatic rings. The number of alkyl carbamates (subject to hydrolysis) is 1. The summed E-state index contributed by atoms with van der Waals surface area (Å²) < 4.78 is 38.7. The summed E-state index contributed by atoms with van der Waals surface area (Å²) in [6, 6.07) is 16.3. The summed E-state index contributed by atoms with van der Waals surface area (Å²) in [7, 11) is 0. The molecule has 4 unspecified atom stereocenters. The van der Waals surface area contributed by atoms with Crippen molar-refractivity contribution in [3.05, 3.63) is 59.7 Å².